The summed E-state index contributed by atoms with van der Waals surface area (Å²) in [5.41, 5.74) is 1.14. The van der Waals surface area contributed by atoms with E-state index in [0.29, 0.717) is 28.6 Å². The zero-order chi connectivity index (χ0) is 20.1. The molecule has 1 aromatic carbocycles. The van der Waals surface area contributed by atoms with Crippen molar-refractivity contribution in [1.82, 2.24) is 4.98 Å². The Bertz CT molecular complexity index is 984. The van der Waals surface area contributed by atoms with Gasteiger partial charge in [0.1, 0.15) is 11.4 Å². The maximum Gasteiger partial charge on any atom is 0.375 e. The van der Waals surface area contributed by atoms with Crippen LogP contribution in [0.5, 0.6) is 0 Å². The topological polar surface area (TPSA) is 90.7 Å². The van der Waals surface area contributed by atoms with E-state index in [0.717, 1.165) is 5.39 Å². The number of esters is 1. The average Bonchev–Trinajstić information content (AvgIpc) is 3.06. The largest absolute Gasteiger partial charge is 0.449 e. The SMILES string of the molecule is CCOCc1c(C(=O)O[C@@H](C)C(=O)Nc2ccc(Cl)cn2)oc2ccccc12. The molecule has 0 unspecified atom stereocenters. The smallest absolute Gasteiger partial charge is 0.375 e. The van der Waals surface area contributed by atoms with Gasteiger partial charge in [0.05, 0.1) is 11.6 Å². The summed E-state index contributed by atoms with van der Waals surface area (Å²) in [4.78, 5) is 28.9. The van der Waals surface area contributed by atoms with Crippen molar-refractivity contribution in [3.63, 3.8) is 0 Å². The van der Waals surface area contributed by atoms with Gasteiger partial charge in [0.25, 0.3) is 5.91 Å². The number of aromatic nitrogens is 1. The fourth-order valence-electron chi connectivity index (χ4n) is 2.56. The Morgan fingerprint density at radius 2 is 2.04 bits per heavy atom. The molecule has 0 aliphatic rings. The highest BCUT2D eigenvalue weighted by Crippen LogP contribution is 2.27. The molecule has 0 aliphatic heterocycles. The number of pyridine rings is 1. The van der Waals surface area contributed by atoms with Crippen molar-refractivity contribution in [3.05, 3.63) is 58.9 Å². The lowest BCUT2D eigenvalue weighted by atomic mass is 10.1. The molecule has 28 heavy (non-hydrogen) atoms. The van der Waals surface area contributed by atoms with Crippen LogP contribution in [0.15, 0.2) is 47.0 Å². The molecule has 2 heterocycles. The number of fused-ring (bicyclic) bond motifs is 1. The van der Waals surface area contributed by atoms with Crippen molar-refractivity contribution in [2.24, 2.45) is 0 Å². The molecule has 1 N–H and O–H groups in total. The summed E-state index contributed by atoms with van der Waals surface area (Å²) >= 11 is 5.77. The summed E-state index contributed by atoms with van der Waals surface area (Å²) in [5, 5.41) is 3.78. The lowest BCUT2D eigenvalue weighted by molar-refractivity contribution is -0.123. The Kier molecular flexibility index (Phi) is 6.28. The first-order valence-electron chi connectivity index (χ1n) is 8.71. The van der Waals surface area contributed by atoms with E-state index in [1.807, 2.05) is 19.1 Å². The Labute approximate surface area is 166 Å². The number of benzene rings is 1. The highest BCUT2D eigenvalue weighted by Gasteiger charge is 2.26. The van der Waals surface area contributed by atoms with Crippen LogP contribution in [0.2, 0.25) is 5.02 Å². The highest BCUT2D eigenvalue weighted by molar-refractivity contribution is 6.30. The lowest BCUT2D eigenvalue weighted by Crippen LogP contribution is -2.30. The van der Waals surface area contributed by atoms with Crippen LogP contribution in [0.3, 0.4) is 0 Å². The van der Waals surface area contributed by atoms with E-state index in [-0.39, 0.29) is 12.4 Å². The van der Waals surface area contributed by atoms with Crippen LogP contribution in [-0.2, 0) is 20.9 Å². The number of furan rings is 1. The van der Waals surface area contributed by atoms with Gasteiger partial charge >= 0.3 is 5.97 Å². The molecule has 0 spiro atoms. The van der Waals surface area contributed by atoms with E-state index in [9.17, 15) is 9.59 Å². The number of rotatable bonds is 7. The van der Waals surface area contributed by atoms with Crippen LogP contribution in [0.1, 0.15) is 30.0 Å². The minimum atomic E-state index is -1.06. The van der Waals surface area contributed by atoms with E-state index >= 15 is 0 Å². The normalized spacial score (nSPS) is 12.0. The molecule has 1 atom stereocenters. The van der Waals surface area contributed by atoms with Gasteiger partial charge in [-0.05, 0) is 32.0 Å². The molecule has 1 amide bonds. The molecule has 3 rings (SSSR count). The van der Waals surface area contributed by atoms with Crippen molar-refractivity contribution >= 4 is 40.3 Å². The Morgan fingerprint density at radius 3 is 2.75 bits per heavy atom. The third-order valence-corrected chi connectivity index (χ3v) is 4.19. The molecule has 7 nitrogen and oxygen atoms in total. The number of nitrogens with zero attached hydrogens (tertiary/aromatic N) is 1. The first kappa shape index (κ1) is 19.9. The van der Waals surface area contributed by atoms with Gasteiger partial charge in [0.2, 0.25) is 5.76 Å². The van der Waals surface area contributed by atoms with Crippen LogP contribution in [0, 0.1) is 0 Å². The average molecular weight is 403 g/mol. The van der Waals surface area contributed by atoms with Gasteiger partial charge in [-0.2, -0.15) is 0 Å². The maximum atomic E-state index is 12.6. The van der Waals surface area contributed by atoms with Gasteiger partial charge in [0, 0.05) is 23.8 Å². The van der Waals surface area contributed by atoms with Crippen molar-refractivity contribution in [1.29, 1.82) is 0 Å². The van der Waals surface area contributed by atoms with E-state index in [2.05, 4.69) is 10.3 Å². The first-order valence-corrected chi connectivity index (χ1v) is 9.09. The van der Waals surface area contributed by atoms with Crippen LogP contribution >= 0.6 is 11.6 Å². The van der Waals surface area contributed by atoms with Gasteiger partial charge in [-0.3, -0.25) is 4.79 Å². The lowest BCUT2D eigenvalue weighted by Gasteiger charge is -2.13. The Balaban J connectivity index is 1.74. The van der Waals surface area contributed by atoms with Crippen LogP contribution in [0.25, 0.3) is 11.0 Å². The second-order valence-corrected chi connectivity index (χ2v) is 6.38. The predicted octanol–water partition coefficient (Wildman–Crippen LogP) is 4.20. The predicted molar refractivity (Wildman–Crippen MR) is 104 cm³/mol. The third kappa shape index (κ3) is 4.49. The quantitative estimate of drug-likeness (QED) is 0.595. The number of nitrogens with one attached hydrogen (secondary N) is 1. The van der Waals surface area contributed by atoms with Gasteiger partial charge < -0.3 is 19.2 Å². The Hall–Kier alpha value is -2.90. The Morgan fingerprint density at radius 1 is 1.25 bits per heavy atom. The third-order valence-electron chi connectivity index (χ3n) is 3.97. The first-order chi connectivity index (χ1) is 13.5. The molecule has 0 saturated carbocycles. The maximum absolute atomic E-state index is 12.6. The summed E-state index contributed by atoms with van der Waals surface area (Å²) in [6.45, 7) is 4.01. The summed E-state index contributed by atoms with van der Waals surface area (Å²) in [7, 11) is 0. The molecular weight excluding hydrogens is 384 g/mol. The number of carbonyl (C=O) groups is 2. The van der Waals surface area contributed by atoms with E-state index < -0.39 is 18.0 Å². The van der Waals surface area contributed by atoms with E-state index in [4.69, 9.17) is 25.5 Å². The zero-order valence-electron chi connectivity index (χ0n) is 15.4. The number of ether oxygens (including phenoxy) is 2. The second kappa shape index (κ2) is 8.86. The number of carbonyl (C=O) groups excluding carboxylic acids is 2. The van der Waals surface area contributed by atoms with Crippen LogP contribution in [-0.4, -0.2) is 29.6 Å². The van der Waals surface area contributed by atoms with Crippen molar-refractivity contribution in [2.45, 2.75) is 26.6 Å². The van der Waals surface area contributed by atoms with Gasteiger partial charge in [-0.1, -0.05) is 29.8 Å². The van der Waals surface area contributed by atoms with Gasteiger partial charge in [0.15, 0.2) is 6.10 Å². The molecule has 0 bridgehead atoms. The molecule has 0 saturated heterocycles. The molecule has 146 valence electrons. The van der Waals surface area contributed by atoms with Crippen molar-refractivity contribution in [3.8, 4) is 0 Å². The second-order valence-electron chi connectivity index (χ2n) is 5.94. The molecule has 3 aromatic rings. The van der Waals surface area contributed by atoms with Crippen molar-refractivity contribution < 1.29 is 23.5 Å². The molecular formula is C20H19ClN2O5. The number of halogens is 1. The standard InChI is InChI=1S/C20H19ClN2O5/c1-3-26-11-15-14-6-4-5-7-16(14)28-18(15)20(25)27-12(2)19(24)23-17-9-8-13(21)10-22-17/h4-10,12H,3,11H2,1-2H3,(H,22,23,24)/t12-/m0/s1. The summed E-state index contributed by atoms with van der Waals surface area (Å²) in [5.74, 6) is -0.930. The fraction of sp³-hybridized carbons (Fsp3) is 0.250. The van der Waals surface area contributed by atoms with Crippen molar-refractivity contribution in [2.75, 3.05) is 11.9 Å². The number of para-hydroxylation sites is 1. The van der Waals surface area contributed by atoms with Gasteiger partial charge in [-0.25, -0.2) is 9.78 Å². The molecule has 0 aliphatic carbocycles. The summed E-state index contributed by atoms with van der Waals surface area (Å²) in [6, 6.07) is 10.4. The van der Waals surface area contributed by atoms with Crippen LogP contribution in [0.4, 0.5) is 5.82 Å². The summed E-state index contributed by atoms with van der Waals surface area (Å²) < 4.78 is 16.4. The number of hydrogen-bond donors (Lipinski definition) is 1. The highest BCUT2D eigenvalue weighted by atomic mass is 35.5. The minimum Gasteiger partial charge on any atom is -0.449 e. The van der Waals surface area contributed by atoms with E-state index in [1.165, 1.54) is 13.1 Å². The van der Waals surface area contributed by atoms with Gasteiger partial charge in [-0.15, -0.1) is 0 Å². The molecule has 0 radical (unpaired) electrons. The van der Waals surface area contributed by atoms with Crippen LogP contribution < -0.4 is 5.32 Å². The molecule has 2 aromatic heterocycles. The summed E-state index contributed by atoms with van der Waals surface area (Å²) in [6.07, 6.45) is 0.348. The number of anilines is 1. The zero-order valence-corrected chi connectivity index (χ0v) is 16.2. The fourth-order valence-corrected chi connectivity index (χ4v) is 2.67. The molecule has 0 fully saturated rings. The van der Waals surface area contributed by atoms with E-state index in [1.54, 1.807) is 24.3 Å². The molecule has 8 heteroatoms. The number of amides is 1. The minimum absolute atomic E-state index is 0.0268. The monoisotopic (exact) mass is 402 g/mol. The number of hydrogen-bond acceptors (Lipinski definition) is 6.